The fourth-order valence-electron chi connectivity index (χ4n) is 1.99. The molecule has 1 aromatic heterocycles. The third-order valence-corrected chi connectivity index (χ3v) is 3.82. The Morgan fingerprint density at radius 1 is 1.45 bits per heavy atom. The van der Waals surface area contributed by atoms with Crippen molar-refractivity contribution in [3.63, 3.8) is 0 Å². The van der Waals surface area contributed by atoms with Gasteiger partial charge < -0.3 is 9.84 Å². The van der Waals surface area contributed by atoms with E-state index < -0.39 is 5.97 Å². The average Bonchev–Trinajstić information content (AvgIpc) is 2.79. The minimum absolute atomic E-state index is 0.0434. The van der Waals surface area contributed by atoms with E-state index in [0.717, 1.165) is 16.9 Å². The lowest BCUT2D eigenvalue weighted by molar-refractivity contribution is 0.0689. The molecule has 20 heavy (non-hydrogen) atoms. The zero-order valence-corrected chi connectivity index (χ0v) is 13.0. The molecular formula is C14H15BrN2O3. The highest BCUT2D eigenvalue weighted by Gasteiger charge is 2.19. The highest BCUT2D eigenvalue weighted by molar-refractivity contribution is 9.10. The predicted molar refractivity (Wildman–Crippen MR) is 79.3 cm³/mol. The monoisotopic (exact) mass is 338 g/mol. The van der Waals surface area contributed by atoms with Gasteiger partial charge in [-0.25, -0.2) is 4.79 Å². The number of aromatic nitrogens is 2. The maximum absolute atomic E-state index is 11.0. The minimum atomic E-state index is -1.05. The molecule has 6 heteroatoms. The number of H-pyrrole nitrogens is 1. The summed E-state index contributed by atoms with van der Waals surface area (Å²) in [6.07, 6.45) is 0. The van der Waals surface area contributed by atoms with Gasteiger partial charge in [-0.3, -0.25) is 5.10 Å². The second-order valence-corrected chi connectivity index (χ2v) is 5.47. The lowest BCUT2D eigenvalue weighted by atomic mass is 9.98. The molecule has 0 saturated heterocycles. The molecule has 0 bridgehead atoms. The van der Waals surface area contributed by atoms with Crippen molar-refractivity contribution in [1.29, 1.82) is 0 Å². The van der Waals surface area contributed by atoms with Crippen LogP contribution in [0.4, 0.5) is 0 Å². The molecule has 0 fully saturated rings. The van der Waals surface area contributed by atoms with E-state index in [4.69, 9.17) is 9.84 Å². The summed E-state index contributed by atoms with van der Waals surface area (Å²) >= 11 is 3.28. The Bertz CT molecular complexity index is 650. The van der Waals surface area contributed by atoms with Gasteiger partial charge in [0.05, 0.1) is 11.6 Å². The van der Waals surface area contributed by atoms with Crippen molar-refractivity contribution in [3.05, 3.63) is 33.9 Å². The Hall–Kier alpha value is -1.82. The summed E-state index contributed by atoms with van der Waals surface area (Å²) in [6.45, 7) is 4.15. The van der Waals surface area contributed by atoms with E-state index >= 15 is 0 Å². The van der Waals surface area contributed by atoms with E-state index in [1.54, 1.807) is 7.11 Å². The van der Waals surface area contributed by atoms with Gasteiger partial charge in [-0.1, -0.05) is 13.8 Å². The van der Waals surface area contributed by atoms with Crippen LogP contribution in [0.15, 0.2) is 22.7 Å². The normalized spacial score (nSPS) is 10.8. The molecule has 106 valence electrons. The molecule has 0 amide bonds. The molecule has 0 aliphatic carbocycles. The van der Waals surface area contributed by atoms with Crippen LogP contribution in [0.3, 0.4) is 0 Å². The molecule has 1 aromatic carbocycles. The molecule has 0 saturated carbocycles. The van der Waals surface area contributed by atoms with E-state index in [0.29, 0.717) is 16.1 Å². The van der Waals surface area contributed by atoms with Crippen LogP contribution in [0.1, 0.15) is 35.8 Å². The predicted octanol–water partition coefficient (Wildman–Crippen LogP) is 3.67. The lowest BCUT2D eigenvalue weighted by Crippen LogP contribution is -1.97. The van der Waals surface area contributed by atoms with Gasteiger partial charge in [0.15, 0.2) is 5.69 Å². The van der Waals surface area contributed by atoms with E-state index in [2.05, 4.69) is 40.0 Å². The smallest absolute Gasteiger partial charge is 0.355 e. The molecule has 5 nitrogen and oxygen atoms in total. The molecule has 2 aromatic rings. The number of carboxylic acid groups (broad SMARTS) is 1. The standard InChI is InChI=1S/C14H15BrN2O3/c1-7(2)9-6-8(4-5-10(9)20-3)12-11(15)13(14(18)19)17-16-12/h4-7H,1-3H3,(H,16,17)(H,18,19). The van der Waals surface area contributed by atoms with Crippen LogP contribution in [-0.4, -0.2) is 28.4 Å². The number of hydrogen-bond acceptors (Lipinski definition) is 3. The van der Waals surface area contributed by atoms with Crippen molar-refractivity contribution < 1.29 is 14.6 Å². The third kappa shape index (κ3) is 2.56. The van der Waals surface area contributed by atoms with Gasteiger partial charge in [-0.05, 0) is 45.6 Å². The first-order valence-corrected chi connectivity index (χ1v) is 6.90. The van der Waals surface area contributed by atoms with Crippen molar-refractivity contribution in [1.82, 2.24) is 10.2 Å². The largest absolute Gasteiger partial charge is 0.496 e. The number of carbonyl (C=O) groups is 1. The Labute approximate surface area is 125 Å². The molecule has 1 heterocycles. The second-order valence-electron chi connectivity index (χ2n) is 4.68. The van der Waals surface area contributed by atoms with Crippen LogP contribution in [-0.2, 0) is 0 Å². The van der Waals surface area contributed by atoms with Crippen LogP contribution >= 0.6 is 15.9 Å². The molecule has 2 rings (SSSR count). The molecule has 0 spiro atoms. The van der Waals surface area contributed by atoms with Gasteiger partial charge in [-0.2, -0.15) is 5.10 Å². The van der Waals surface area contributed by atoms with Crippen LogP contribution in [0, 0.1) is 0 Å². The van der Waals surface area contributed by atoms with Crippen molar-refractivity contribution >= 4 is 21.9 Å². The highest BCUT2D eigenvalue weighted by Crippen LogP contribution is 2.34. The number of carboxylic acids is 1. The first-order chi connectivity index (χ1) is 9.45. The number of halogens is 1. The maximum atomic E-state index is 11.0. The van der Waals surface area contributed by atoms with Crippen molar-refractivity contribution in [2.24, 2.45) is 0 Å². The van der Waals surface area contributed by atoms with Gasteiger partial charge in [0, 0.05) is 5.56 Å². The average molecular weight is 339 g/mol. The second kappa shape index (κ2) is 5.66. The number of ether oxygens (including phenoxy) is 1. The summed E-state index contributed by atoms with van der Waals surface area (Å²) < 4.78 is 5.79. The lowest BCUT2D eigenvalue weighted by Gasteiger charge is -2.13. The quantitative estimate of drug-likeness (QED) is 0.891. The molecule has 0 aliphatic rings. The summed E-state index contributed by atoms with van der Waals surface area (Å²) in [4.78, 5) is 11.0. The summed E-state index contributed by atoms with van der Waals surface area (Å²) in [5.74, 6) is 0.0589. The number of nitrogens with zero attached hydrogens (tertiary/aromatic N) is 1. The molecular weight excluding hydrogens is 324 g/mol. The van der Waals surface area contributed by atoms with E-state index in [9.17, 15) is 4.79 Å². The summed E-state index contributed by atoms with van der Waals surface area (Å²) in [6, 6.07) is 5.69. The Kier molecular flexibility index (Phi) is 4.13. The first kappa shape index (κ1) is 14.6. The Morgan fingerprint density at radius 2 is 2.15 bits per heavy atom. The Morgan fingerprint density at radius 3 is 2.65 bits per heavy atom. The number of aromatic amines is 1. The van der Waals surface area contributed by atoms with Gasteiger partial charge in [-0.15, -0.1) is 0 Å². The number of benzene rings is 1. The fraction of sp³-hybridized carbons (Fsp3) is 0.286. The van der Waals surface area contributed by atoms with E-state index in [-0.39, 0.29) is 5.69 Å². The number of nitrogens with one attached hydrogen (secondary N) is 1. The van der Waals surface area contributed by atoms with Crippen LogP contribution in [0.5, 0.6) is 5.75 Å². The molecule has 0 atom stereocenters. The SMILES string of the molecule is COc1ccc(-c2n[nH]c(C(=O)O)c2Br)cc1C(C)C. The number of hydrogen-bond donors (Lipinski definition) is 2. The fourth-order valence-corrected chi connectivity index (χ4v) is 2.57. The molecule has 0 unspecified atom stereocenters. The number of aromatic carboxylic acids is 1. The third-order valence-electron chi connectivity index (χ3n) is 3.05. The van der Waals surface area contributed by atoms with Crippen molar-refractivity contribution in [2.75, 3.05) is 7.11 Å². The summed E-state index contributed by atoms with van der Waals surface area (Å²) in [5, 5.41) is 15.6. The molecule has 2 N–H and O–H groups in total. The van der Waals surface area contributed by atoms with E-state index in [1.807, 2.05) is 18.2 Å². The van der Waals surface area contributed by atoms with Gasteiger partial charge in [0.1, 0.15) is 11.4 Å². The molecule has 0 aliphatic heterocycles. The zero-order valence-electron chi connectivity index (χ0n) is 11.4. The number of rotatable bonds is 4. The maximum Gasteiger partial charge on any atom is 0.355 e. The number of methoxy groups -OCH3 is 1. The van der Waals surface area contributed by atoms with Crippen LogP contribution < -0.4 is 4.74 Å². The van der Waals surface area contributed by atoms with Gasteiger partial charge in [0.25, 0.3) is 0 Å². The van der Waals surface area contributed by atoms with Crippen LogP contribution in [0.2, 0.25) is 0 Å². The van der Waals surface area contributed by atoms with E-state index in [1.165, 1.54) is 0 Å². The van der Waals surface area contributed by atoms with Crippen molar-refractivity contribution in [3.8, 4) is 17.0 Å². The topological polar surface area (TPSA) is 75.2 Å². The van der Waals surface area contributed by atoms with Crippen LogP contribution in [0.25, 0.3) is 11.3 Å². The van der Waals surface area contributed by atoms with Gasteiger partial charge in [0.2, 0.25) is 0 Å². The zero-order chi connectivity index (χ0) is 14.9. The summed E-state index contributed by atoms with van der Waals surface area (Å²) in [7, 11) is 1.63. The highest BCUT2D eigenvalue weighted by atomic mass is 79.9. The van der Waals surface area contributed by atoms with Gasteiger partial charge >= 0.3 is 5.97 Å². The molecule has 0 radical (unpaired) electrons. The Balaban J connectivity index is 2.54. The summed E-state index contributed by atoms with van der Waals surface area (Å²) in [5.41, 5.74) is 2.51. The first-order valence-electron chi connectivity index (χ1n) is 6.11. The van der Waals surface area contributed by atoms with Crippen molar-refractivity contribution in [2.45, 2.75) is 19.8 Å². The minimum Gasteiger partial charge on any atom is -0.496 e.